The molecule has 0 atom stereocenters. The van der Waals surface area contributed by atoms with Gasteiger partial charge in [0.25, 0.3) is 0 Å². The first kappa shape index (κ1) is 31.9. The Kier molecular flexibility index (Phi) is 7.42. The minimum absolute atomic E-state index is 0.626. The summed E-state index contributed by atoms with van der Waals surface area (Å²) < 4.78 is 4.80. The average Bonchev–Trinajstić information content (AvgIpc) is 3.81. The first-order chi connectivity index (χ1) is 27.8. The van der Waals surface area contributed by atoms with Gasteiger partial charge in [-0.25, -0.2) is 15.0 Å². The third kappa shape index (κ3) is 5.13. The predicted octanol–water partition coefficient (Wildman–Crippen LogP) is 12.7. The Morgan fingerprint density at radius 2 is 0.768 bits per heavy atom. The van der Waals surface area contributed by atoms with Crippen LogP contribution >= 0.6 is 0 Å². The fourth-order valence-electron chi connectivity index (χ4n) is 8.32. The summed E-state index contributed by atoms with van der Waals surface area (Å²) in [4.78, 5) is 15.0. The van der Waals surface area contributed by atoms with Crippen molar-refractivity contribution in [1.82, 2.24) is 24.1 Å². The van der Waals surface area contributed by atoms with Crippen molar-refractivity contribution in [3.63, 3.8) is 0 Å². The Bertz CT molecular complexity index is 3180. The number of hydrogen-bond donors (Lipinski definition) is 0. The number of nitrogens with zero attached hydrogens (tertiary/aromatic N) is 5. The van der Waals surface area contributed by atoms with E-state index >= 15 is 0 Å². The van der Waals surface area contributed by atoms with Crippen LogP contribution in [0.5, 0.6) is 0 Å². The maximum absolute atomic E-state index is 5.05. The van der Waals surface area contributed by atoms with Crippen LogP contribution in [0.4, 0.5) is 0 Å². The summed E-state index contributed by atoms with van der Waals surface area (Å²) in [6.07, 6.45) is 0. The second-order valence-corrected chi connectivity index (χ2v) is 14.0. The van der Waals surface area contributed by atoms with E-state index in [1.165, 1.54) is 43.7 Å². The summed E-state index contributed by atoms with van der Waals surface area (Å²) >= 11 is 0. The highest BCUT2D eigenvalue weighted by molar-refractivity contribution is 6.20. The number of aromatic nitrogens is 5. The van der Waals surface area contributed by atoms with E-state index in [2.05, 4.69) is 149 Å². The van der Waals surface area contributed by atoms with E-state index in [-0.39, 0.29) is 0 Å². The van der Waals surface area contributed by atoms with Crippen molar-refractivity contribution < 1.29 is 0 Å². The van der Waals surface area contributed by atoms with Gasteiger partial charge in [-0.1, -0.05) is 158 Å². The number of rotatable bonds is 6. The van der Waals surface area contributed by atoms with E-state index in [0.29, 0.717) is 17.5 Å². The van der Waals surface area contributed by atoms with Crippen LogP contribution in [0.25, 0.3) is 100 Å². The Morgan fingerprint density at radius 1 is 0.304 bits per heavy atom. The minimum atomic E-state index is 0.626. The maximum atomic E-state index is 5.05. The van der Waals surface area contributed by atoms with Crippen LogP contribution in [-0.4, -0.2) is 24.1 Å². The SMILES string of the molecule is c1ccc(-c2nc(-c3ccccc3)nc(-c3cccc(-n4c5ccccc5c5c(-c6cccc7c8ccccc8n(-c8ccccc8)c67)cccc54)c3)n2)cc1. The lowest BCUT2D eigenvalue weighted by molar-refractivity contribution is 1.07. The van der Waals surface area contributed by atoms with Crippen LogP contribution < -0.4 is 0 Å². The Morgan fingerprint density at radius 3 is 1.46 bits per heavy atom. The molecule has 0 aliphatic rings. The van der Waals surface area contributed by atoms with Crippen LogP contribution in [0.2, 0.25) is 0 Å². The third-order valence-electron chi connectivity index (χ3n) is 10.8. The molecule has 0 N–H and O–H groups in total. The van der Waals surface area contributed by atoms with Gasteiger partial charge in [0.1, 0.15) is 0 Å². The molecule has 0 amide bonds. The van der Waals surface area contributed by atoms with Crippen molar-refractivity contribution in [2.75, 3.05) is 0 Å². The van der Waals surface area contributed by atoms with Gasteiger partial charge < -0.3 is 9.13 Å². The van der Waals surface area contributed by atoms with Crippen molar-refractivity contribution in [3.8, 4) is 56.7 Å². The molecule has 0 unspecified atom stereocenters. The molecule has 0 saturated heterocycles. The summed E-state index contributed by atoms with van der Waals surface area (Å²) in [5.41, 5.74) is 12.0. The van der Waals surface area contributed by atoms with Gasteiger partial charge in [-0.2, -0.15) is 0 Å². The third-order valence-corrected chi connectivity index (χ3v) is 10.8. The van der Waals surface area contributed by atoms with E-state index in [9.17, 15) is 0 Å². The van der Waals surface area contributed by atoms with Gasteiger partial charge in [0.2, 0.25) is 0 Å². The standard InChI is InChI=1S/C51H33N5/c1-4-17-34(18-5-1)49-52-50(35-19-6-2-7-20-35)54-51(53-49)36-21-14-24-38(33-36)55-45-31-13-11-26-43(45)47-40(27-16-32-46(47)55)42-29-15-28-41-39-25-10-12-30-44(39)56(48(41)42)37-22-8-3-9-23-37/h1-33H. The van der Waals surface area contributed by atoms with Crippen LogP contribution in [-0.2, 0) is 0 Å². The zero-order valence-electron chi connectivity index (χ0n) is 30.3. The van der Waals surface area contributed by atoms with Crippen molar-refractivity contribution >= 4 is 43.6 Å². The van der Waals surface area contributed by atoms with Crippen molar-refractivity contribution in [1.29, 1.82) is 0 Å². The summed E-state index contributed by atoms with van der Waals surface area (Å²) in [5, 5.41) is 4.88. The van der Waals surface area contributed by atoms with Gasteiger partial charge in [0, 0.05) is 55.2 Å². The molecule has 0 aliphatic heterocycles. The lowest BCUT2D eigenvalue weighted by Crippen LogP contribution is -2.01. The number of benzene rings is 8. The molecule has 5 heteroatoms. The highest BCUT2D eigenvalue weighted by Gasteiger charge is 2.21. The van der Waals surface area contributed by atoms with Crippen LogP contribution in [0.3, 0.4) is 0 Å². The lowest BCUT2D eigenvalue weighted by Gasteiger charge is -2.13. The molecule has 56 heavy (non-hydrogen) atoms. The van der Waals surface area contributed by atoms with Crippen molar-refractivity contribution in [2.24, 2.45) is 0 Å². The molecule has 0 bridgehead atoms. The van der Waals surface area contributed by atoms with E-state index in [4.69, 9.17) is 15.0 Å². The number of para-hydroxylation sites is 4. The van der Waals surface area contributed by atoms with Gasteiger partial charge in [-0.15, -0.1) is 0 Å². The predicted molar refractivity (Wildman–Crippen MR) is 230 cm³/mol. The zero-order valence-corrected chi connectivity index (χ0v) is 30.3. The molecule has 0 fully saturated rings. The highest BCUT2D eigenvalue weighted by atomic mass is 15.0. The first-order valence-electron chi connectivity index (χ1n) is 18.9. The summed E-state index contributed by atoms with van der Waals surface area (Å²) in [6, 6.07) is 70.4. The van der Waals surface area contributed by atoms with E-state index in [1.54, 1.807) is 0 Å². The zero-order chi connectivity index (χ0) is 37.0. The first-order valence-corrected chi connectivity index (χ1v) is 18.9. The molecule has 0 aliphatic carbocycles. The fraction of sp³-hybridized carbons (Fsp3) is 0. The van der Waals surface area contributed by atoms with E-state index in [0.717, 1.165) is 39.1 Å². The molecule has 11 rings (SSSR count). The van der Waals surface area contributed by atoms with E-state index in [1.807, 2.05) is 60.7 Å². The van der Waals surface area contributed by atoms with Crippen LogP contribution in [0, 0.1) is 0 Å². The Labute approximate surface area is 323 Å². The Balaban J connectivity index is 1.14. The van der Waals surface area contributed by atoms with Gasteiger partial charge in [-0.3, -0.25) is 0 Å². The fourth-order valence-corrected chi connectivity index (χ4v) is 8.32. The second kappa shape index (κ2) is 13.0. The molecule has 8 aromatic carbocycles. The normalized spacial score (nSPS) is 11.6. The van der Waals surface area contributed by atoms with Gasteiger partial charge in [0.05, 0.1) is 22.1 Å². The minimum Gasteiger partial charge on any atom is -0.309 e. The molecular formula is C51H33N5. The molecule has 0 spiro atoms. The van der Waals surface area contributed by atoms with E-state index < -0.39 is 0 Å². The smallest absolute Gasteiger partial charge is 0.164 e. The molecule has 3 aromatic heterocycles. The van der Waals surface area contributed by atoms with Crippen molar-refractivity contribution in [2.45, 2.75) is 0 Å². The van der Waals surface area contributed by atoms with Gasteiger partial charge in [-0.05, 0) is 48.0 Å². The number of hydrogen-bond acceptors (Lipinski definition) is 3. The van der Waals surface area contributed by atoms with Crippen LogP contribution in [0.15, 0.2) is 200 Å². The molecule has 262 valence electrons. The summed E-state index contributed by atoms with van der Waals surface area (Å²) in [7, 11) is 0. The monoisotopic (exact) mass is 715 g/mol. The second-order valence-electron chi connectivity index (χ2n) is 14.0. The lowest BCUT2D eigenvalue weighted by atomic mass is 9.97. The maximum Gasteiger partial charge on any atom is 0.164 e. The Hall–Kier alpha value is -7.63. The topological polar surface area (TPSA) is 48.5 Å². The largest absolute Gasteiger partial charge is 0.309 e. The number of fused-ring (bicyclic) bond motifs is 6. The van der Waals surface area contributed by atoms with Crippen molar-refractivity contribution in [3.05, 3.63) is 200 Å². The molecule has 3 heterocycles. The molecule has 5 nitrogen and oxygen atoms in total. The molecular weight excluding hydrogens is 683 g/mol. The highest BCUT2D eigenvalue weighted by Crippen LogP contribution is 2.43. The molecule has 0 radical (unpaired) electrons. The summed E-state index contributed by atoms with van der Waals surface area (Å²) in [5.74, 6) is 1.91. The van der Waals surface area contributed by atoms with Gasteiger partial charge in [0.15, 0.2) is 17.5 Å². The summed E-state index contributed by atoms with van der Waals surface area (Å²) in [6.45, 7) is 0. The average molecular weight is 716 g/mol. The molecule has 11 aromatic rings. The van der Waals surface area contributed by atoms with Gasteiger partial charge >= 0.3 is 0 Å². The van der Waals surface area contributed by atoms with Crippen LogP contribution in [0.1, 0.15) is 0 Å². The quantitative estimate of drug-likeness (QED) is 0.172. The molecule has 0 saturated carbocycles.